The molecular weight excluding hydrogens is 292 g/mol. The molecule has 1 aromatic rings. The SMILES string of the molecule is COc1ccc(NCCC(=O)NC2CCS(=O)(=O)C2)cc1. The van der Waals surface area contributed by atoms with E-state index in [-0.39, 0.29) is 23.5 Å². The number of rotatable bonds is 6. The summed E-state index contributed by atoms with van der Waals surface area (Å²) >= 11 is 0. The summed E-state index contributed by atoms with van der Waals surface area (Å²) in [6.45, 7) is 0.498. The molecule has 1 heterocycles. The van der Waals surface area contributed by atoms with Crippen molar-refractivity contribution < 1.29 is 17.9 Å². The van der Waals surface area contributed by atoms with Crippen LogP contribution >= 0.6 is 0 Å². The largest absolute Gasteiger partial charge is 0.497 e. The first-order valence-electron chi connectivity index (χ1n) is 6.86. The number of hydrogen-bond donors (Lipinski definition) is 2. The summed E-state index contributed by atoms with van der Waals surface area (Å²) in [5.74, 6) is 0.881. The molecule has 1 aliphatic heterocycles. The van der Waals surface area contributed by atoms with Gasteiger partial charge in [0.1, 0.15) is 5.75 Å². The van der Waals surface area contributed by atoms with E-state index in [2.05, 4.69) is 10.6 Å². The average Bonchev–Trinajstić information content (AvgIpc) is 2.78. The highest BCUT2D eigenvalue weighted by Crippen LogP contribution is 2.15. The van der Waals surface area contributed by atoms with Crippen molar-refractivity contribution in [3.8, 4) is 5.75 Å². The van der Waals surface area contributed by atoms with Crippen LogP contribution in [0.15, 0.2) is 24.3 Å². The lowest BCUT2D eigenvalue weighted by molar-refractivity contribution is -0.121. The molecule has 21 heavy (non-hydrogen) atoms. The second-order valence-electron chi connectivity index (χ2n) is 5.07. The van der Waals surface area contributed by atoms with Crippen molar-refractivity contribution in [2.75, 3.05) is 30.5 Å². The van der Waals surface area contributed by atoms with Crippen LogP contribution in [-0.2, 0) is 14.6 Å². The Bertz CT molecular complexity index is 583. The molecule has 116 valence electrons. The summed E-state index contributed by atoms with van der Waals surface area (Å²) in [5, 5.41) is 5.89. The van der Waals surface area contributed by atoms with Crippen LogP contribution in [-0.4, -0.2) is 45.5 Å². The maximum absolute atomic E-state index is 11.7. The lowest BCUT2D eigenvalue weighted by Crippen LogP contribution is -2.36. The van der Waals surface area contributed by atoms with E-state index in [0.717, 1.165) is 11.4 Å². The molecule has 1 fully saturated rings. The number of carbonyl (C=O) groups is 1. The van der Waals surface area contributed by atoms with E-state index in [9.17, 15) is 13.2 Å². The number of nitrogens with one attached hydrogen (secondary N) is 2. The van der Waals surface area contributed by atoms with Crippen molar-refractivity contribution >= 4 is 21.4 Å². The molecule has 1 unspecified atom stereocenters. The van der Waals surface area contributed by atoms with Crippen LogP contribution in [0.2, 0.25) is 0 Å². The molecule has 1 amide bonds. The smallest absolute Gasteiger partial charge is 0.222 e. The first-order chi connectivity index (χ1) is 9.98. The van der Waals surface area contributed by atoms with Crippen LogP contribution in [0.3, 0.4) is 0 Å². The fraction of sp³-hybridized carbons (Fsp3) is 0.500. The molecule has 7 heteroatoms. The van der Waals surface area contributed by atoms with Crippen molar-refractivity contribution in [1.29, 1.82) is 0 Å². The summed E-state index contributed by atoms with van der Waals surface area (Å²) in [6.07, 6.45) is 0.822. The quantitative estimate of drug-likeness (QED) is 0.812. The van der Waals surface area contributed by atoms with Gasteiger partial charge >= 0.3 is 0 Å². The van der Waals surface area contributed by atoms with Crippen molar-refractivity contribution in [2.24, 2.45) is 0 Å². The summed E-state index contributed by atoms with van der Waals surface area (Å²) in [5.41, 5.74) is 0.909. The highest BCUT2D eigenvalue weighted by molar-refractivity contribution is 7.91. The molecule has 1 atom stereocenters. The van der Waals surface area contributed by atoms with Gasteiger partial charge in [0.25, 0.3) is 0 Å². The maximum atomic E-state index is 11.7. The number of methoxy groups -OCH3 is 1. The second kappa shape index (κ2) is 6.80. The predicted octanol–water partition coefficient (Wildman–Crippen LogP) is 0.800. The minimum Gasteiger partial charge on any atom is -0.497 e. The molecule has 0 saturated carbocycles. The van der Waals surface area contributed by atoms with Crippen LogP contribution in [0.25, 0.3) is 0 Å². The zero-order valence-corrected chi connectivity index (χ0v) is 12.8. The average molecular weight is 312 g/mol. The van der Waals surface area contributed by atoms with Crippen LogP contribution in [0.1, 0.15) is 12.8 Å². The fourth-order valence-electron chi connectivity index (χ4n) is 2.24. The van der Waals surface area contributed by atoms with Gasteiger partial charge in [-0.05, 0) is 30.7 Å². The number of benzene rings is 1. The Hall–Kier alpha value is -1.76. The normalized spacial score (nSPS) is 20.0. The fourth-order valence-corrected chi connectivity index (χ4v) is 3.91. The Morgan fingerprint density at radius 1 is 1.33 bits per heavy atom. The van der Waals surface area contributed by atoms with E-state index in [1.54, 1.807) is 7.11 Å². The Balaban J connectivity index is 1.69. The van der Waals surface area contributed by atoms with Gasteiger partial charge in [0.2, 0.25) is 5.91 Å². The molecule has 0 aromatic heterocycles. The third-order valence-electron chi connectivity index (χ3n) is 3.37. The summed E-state index contributed by atoms with van der Waals surface area (Å²) < 4.78 is 27.7. The van der Waals surface area contributed by atoms with Crippen molar-refractivity contribution in [3.05, 3.63) is 24.3 Å². The monoisotopic (exact) mass is 312 g/mol. The zero-order valence-electron chi connectivity index (χ0n) is 12.0. The van der Waals surface area contributed by atoms with Crippen molar-refractivity contribution in [1.82, 2.24) is 5.32 Å². The molecule has 1 saturated heterocycles. The Morgan fingerprint density at radius 2 is 2.05 bits per heavy atom. The molecule has 2 N–H and O–H groups in total. The summed E-state index contributed by atoms with van der Waals surface area (Å²) in [7, 11) is -1.35. The number of amides is 1. The highest BCUT2D eigenvalue weighted by Gasteiger charge is 2.28. The first kappa shape index (κ1) is 15.6. The Kier molecular flexibility index (Phi) is 5.06. The number of carbonyl (C=O) groups excluding carboxylic acids is 1. The third-order valence-corrected chi connectivity index (χ3v) is 5.14. The predicted molar refractivity (Wildman–Crippen MR) is 81.3 cm³/mol. The lowest BCUT2D eigenvalue weighted by atomic mass is 10.2. The van der Waals surface area contributed by atoms with E-state index in [1.807, 2.05) is 24.3 Å². The molecule has 1 aromatic carbocycles. The topological polar surface area (TPSA) is 84.5 Å². The number of sulfone groups is 1. The summed E-state index contributed by atoms with van der Waals surface area (Å²) in [6, 6.07) is 7.20. The van der Waals surface area contributed by atoms with E-state index >= 15 is 0 Å². The number of anilines is 1. The zero-order chi connectivity index (χ0) is 15.3. The molecule has 6 nitrogen and oxygen atoms in total. The highest BCUT2D eigenvalue weighted by atomic mass is 32.2. The number of ether oxygens (including phenoxy) is 1. The van der Waals surface area contributed by atoms with Crippen LogP contribution in [0.5, 0.6) is 5.75 Å². The Labute approximate surface area is 124 Å². The van der Waals surface area contributed by atoms with Gasteiger partial charge in [-0.15, -0.1) is 0 Å². The van der Waals surface area contributed by atoms with Crippen LogP contribution < -0.4 is 15.4 Å². The van der Waals surface area contributed by atoms with Crippen molar-refractivity contribution in [2.45, 2.75) is 18.9 Å². The van der Waals surface area contributed by atoms with Gasteiger partial charge in [-0.25, -0.2) is 8.42 Å². The molecule has 1 aliphatic rings. The lowest BCUT2D eigenvalue weighted by Gasteiger charge is -2.11. The van der Waals surface area contributed by atoms with Gasteiger partial charge in [-0.3, -0.25) is 4.79 Å². The molecule has 0 aliphatic carbocycles. The minimum atomic E-state index is -2.95. The Morgan fingerprint density at radius 3 is 2.62 bits per heavy atom. The minimum absolute atomic E-state index is 0.0602. The van der Waals surface area contributed by atoms with Gasteiger partial charge in [-0.1, -0.05) is 0 Å². The molecule has 0 bridgehead atoms. The number of hydrogen-bond acceptors (Lipinski definition) is 5. The van der Waals surface area contributed by atoms with Gasteiger partial charge in [0.15, 0.2) is 9.84 Å². The standard InChI is InChI=1S/C14H20N2O4S/c1-20-13-4-2-11(3-5-13)15-8-6-14(17)16-12-7-9-21(18,19)10-12/h2-5,12,15H,6-10H2,1H3,(H,16,17). The van der Waals surface area contributed by atoms with Gasteiger partial charge in [0.05, 0.1) is 18.6 Å². The molecule has 0 spiro atoms. The third kappa shape index (κ3) is 4.93. The molecule has 0 radical (unpaired) electrons. The van der Waals surface area contributed by atoms with Gasteiger partial charge in [0, 0.05) is 24.7 Å². The van der Waals surface area contributed by atoms with E-state index < -0.39 is 9.84 Å². The summed E-state index contributed by atoms with van der Waals surface area (Å²) in [4.78, 5) is 11.7. The molecule has 2 rings (SSSR count). The molecular formula is C14H20N2O4S. The van der Waals surface area contributed by atoms with Gasteiger partial charge in [-0.2, -0.15) is 0 Å². The van der Waals surface area contributed by atoms with Gasteiger partial charge < -0.3 is 15.4 Å². The van der Waals surface area contributed by atoms with Crippen molar-refractivity contribution in [3.63, 3.8) is 0 Å². The van der Waals surface area contributed by atoms with E-state index in [4.69, 9.17) is 4.74 Å². The van der Waals surface area contributed by atoms with E-state index in [0.29, 0.717) is 19.4 Å². The van der Waals surface area contributed by atoms with Crippen LogP contribution in [0.4, 0.5) is 5.69 Å². The maximum Gasteiger partial charge on any atom is 0.222 e. The second-order valence-corrected chi connectivity index (χ2v) is 7.30. The van der Waals surface area contributed by atoms with Crippen LogP contribution in [0, 0.1) is 0 Å². The van der Waals surface area contributed by atoms with E-state index in [1.165, 1.54) is 0 Å². The first-order valence-corrected chi connectivity index (χ1v) is 8.68.